The molecule has 2 heteroatoms. The Balaban J connectivity index is 2.02. The summed E-state index contributed by atoms with van der Waals surface area (Å²) in [5.41, 5.74) is 1.12. The van der Waals surface area contributed by atoms with Gasteiger partial charge < -0.3 is 4.74 Å². The molecule has 0 heterocycles. The second kappa shape index (κ2) is 4.95. The quantitative estimate of drug-likeness (QED) is 0.749. The summed E-state index contributed by atoms with van der Waals surface area (Å²) in [6.45, 7) is 0. The maximum atomic E-state index is 8.77. The van der Waals surface area contributed by atoms with Crippen LogP contribution < -0.4 is 0 Å². The molecule has 1 aliphatic carbocycles. The Morgan fingerprint density at radius 2 is 2.07 bits per heavy atom. The maximum absolute atomic E-state index is 8.77. The van der Waals surface area contributed by atoms with Crippen LogP contribution in [0.1, 0.15) is 37.4 Å². The Hall–Kier alpha value is -1.33. The second-order valence-electron chi connectivity index (χ2n) is 3.95. The zero-order chi connectivity index (χ0) is 10.5. The number of rotatable bonds is 4. The van der Waals surface area contributed by atoms with E-state index in [0.29, 0.717) is 12.5 Å². The van der Waals surface area contributed by atoms with Gasteiger partial charge in [0.05, 0.1) is 24.7 Å². The number of benzene rings is 1. The minimum Gasteiger partial charge on any atom is -0.369 e. The molecule has 0 aromatic heterocycles. The van der Waals surface area contributed by atoms with Crippen LogP contribution in [0.25, 0.3) is 0 Å². The molecule has 2 nitrogen and oxygen atoms in total. The smallest absolute Gasteiger partial charge is 0.0958 e. The minimum absolute atomic E-state index is 0.0403. The fourth-order valence-electron chi connectivity index (χ4n) is 1.73. The Kier molecular flexibility index (Phi) is 3.37. The van der Waals surface area contributed by atoms with Crippen molar-refractivity contribution in [2.24, 2.45) is 0 Å². The van der Waals surface area contributed by atoms with Crippen LogP contribution in [-0.4, -0.2) is 6.10 Å². The highest BCUT2D eigenvalue weighted by molar-refractivity contribution is 5.18. The molecule has 0 radical (unpaired) electrons. The van der Waals surface area contributed by atoms with E-state index in [1.807, 2.05) is 30.3 Å². The van der Waals surface area contributed by atoms with Crippen LogP contribution in [0.5, 0.6) is 0 Å². The van der Waals surface area contributed by atoms with Gasteiger partial charge >= 0.3 is 0 Å². The molecule has 1 aliphatic rings. The van der Waals surface area contributed by atoms with Gasteiger partial charge in [-0.3, -0.25) is 0 Å². The third kappa shape index (κ3) is 2.57. The van der Waals surface area contributed by atoms with Crippen molar-refractivity contribution >= 4 is 0 Å². The van der Waals surface area contributed by atoms with Crippen LogP contribution in [0.15, 0.2) is 30.3 Å². The molecule has 78 valence electrons. The summed E-state index contributed by atoms with van der Waals surface area (Å²) >= 11 is 0. The van der Waals surface area contributed by atoms with Crippen LogP contribution in [0.2, 0.25) is 0 Å². The van der Waals surface area contributed by atoms with Gasteiger partial charge in [-0.1, -0.05) is 30.3 Å². The summed E-state index contributed by atoms with van der Waals surface area (Å²) in [7, 11) is 0. The first-order valence-electron chi connectivity index (χ1n) is 5.47. The Morgan fingerprint density at radius 3 is 2.60 bits per heavy atom. The van der Waals surface area contributed by atoms with Gasteiger partial charge in [0.15, 0.2) is 0 Å². The van der Waals surface area contributed by atoms with Crippen molar-refractivity contribution in [1.82, 2.24) is 0 Å². The van der Waals surface area contributed by atoms with Crippen molar-refractivity contribution in [1.29, 1.82) is 5.26 Å². The van der Waals surface area contributed by atoms with Gasteiger partial charge in [0.25, 0.3) is 0 Å². The Bertz CT molecular complexity index is 337. The summed E-state index contributed by atoms with van der Waals surface area (Å²) in [4.78, 5) is 0. The van der Waals surface area contributed by atoms with Crippen LogP contribution in [-0.2, 0) is 4.74 Å². The summed E-state index contributed by atoms with van der Waals surface area (Å²) in [6, 6.07) is 12.2. The average Bonchev–Trinajstić information content (AvgIpc) is 2.23. The SMILES string of the molecule is N#CCC(OC1CCC1)c1ccccc1. The van der Waals surface area contributed by atoms with Gasteiger partial charge in [-0.05, 0) is 24.8 Å². The summed E-state index contributed by atoms with van der Waals surface area (Å²) in [5.74, 6) is 0. The van der Waals surface area contributed by atoms with E-state index in [4.69, 9.17) is 10.00 Å². The van der Waals surface area contributed by atoms with Crippen LogP contribution in [0.4, 0.5) is 0 Å². The molecule has 1 unspecified atom stereocenters. The highest BCUT2D eigenvalue weighted by Crippen LogP contribution is 2.30. The molecule has 0 spiro atoms. The lowest BCUT2D eigenvalue weighted by atomic mass is 9.95. The van der Waals surface area contributed by atoms with E-state index in [9.17, 15) is 0 Å². The molecule has 15 heavy (non-hydrogen) atoms. The first kappa shape index (κ1) is 10.2. The first-order chi connectivity index (χ1) is 7.40. The number of hydrogen-bond acceptors (Lipinski definition) is 2. The monoisotopic (exact) mass is 201 g/mol. The number of nitriles is 1. The zero-order valence-corrected chi connectivity index (χ0v) is 8.73. The lowest BCUT2D eigenvalue weighted by molar-refractivity contribution is -0.0508. The molecular weight excluding hydrogens is 186 g/mol. The van der Waals surface area contributed by atoms with Crippen molar-refractivity contribution in [3.05, 3.63) is 35.9 Å². The zero-order valence-electron chi connectivity index (χ0n) is 8.73. The van der Waals surface area contributed by atoms with Crippen LogP contribution >= 0.6 is 0 Å². The van der Waals surface area contributed by atoms with Gasteiger partial charge in [0.1, 0.15) is 0 Å². The molecule has 1 saturated carbocycles. The molecule has 1 fully saturated rings. The minimum atomic E-state index is -0.0403. The van der Waals surface area contributed by atoms with Crippen molar-refractivity contribution in [3.63, 3.8) is 0 Å². The predicted octanol–water partition coefficient (Wildman–Crippen LogP) is 3.21. The fourth-order valence-corrected chi connectivity index (χ4v) is 1.73. The van der Waals surface area contributed by atoms with Crippen molar-refractivity contribution in [2.75, 3.05) is 0 Å². The third-order valence-corrected chi connectivity index (χ3v) is 2.86. The van der Waals surface area contributed by atoms with E-state index in [-0.39, 0.29) is 6.10 Å². The molecule has 0 N–H and O–H groups in total. The average molecular weight is 201 g/mol. The molecule has 0 amide bonds. The maximum Gasteiger partial charge on any atom is 0.0958 e. The van der Waals surface area contributed by atoms with Gasteiger partial charge in [0, 0.05) is 0 Å². The number of nitrogens with zero attached hydrogens (tertiary/aromatic N) is 1. The summed E-state index contributed by atoms with van der Waals surface area (Å²) < 4.78 is 5.89. The fraction of sp³-hybridized carbons (Fsp3) is 0.462. The normalized spacial score (nSPS) is 17.8. The molecular formula is C13H15NO. The van der Waals surface area contributed by atoms with E-state index in [2.05, 4.69) is 6.07 Å². The van der Waals surface area contributed by atoms with Gasteiger partial charge in [0.2, 0.25) is 0 Å². The topological polar surface area (TPSA) is 33.0 Å². The van der Waals surface area contributed by atoms with Gasteiger partial charge in [-0.2, -0.15) is 5.26 Å². The first-order valence-corrected chi connectivity index (χ1v) is 5.47. The van der Waals surface area contributed by atoms with Gasteiger partial charge in [-0.25, -0.2) is 0 Å². The second-order valence-corrected chi connectivity index (χ2v) is 3.95. The lowest BCUT2D eigenvalue weighted by Crippen LogP contribution is -2.23. The molecule has 0 saturated heterocycles. The lowest BCUT2D eigenvalue weighted by Gasteiger charge is -2.29. The van der Waals surface area contributed by atoms with E-state index < -0.39 is 0 Å². The Morgan fingerprint density at radius 1 is 1.33 bits per heavy atom. The van der Waals surface area contributed by atoms with Crippen molar-refractivity contribution in [2.45, 2.75) is 37.9 Å². The van der Waals surface area contributed by atoms with Crippen LogP contribution in [0, 0.1) is 11.3 Å². The van der Waals surface area contributed by atoms with Crippen molar-refractivity contribution < 1.29 is 4.74 Å². The predicted molar refractivity (Wildman–Crippen MR) is 58.1 cm³/mol. The standard InChI is InChI=1S/C13H15NO/c14-10-9-13(15-12-7-4-8-12)11-5-2-1-3-6-11/h1-3,5-6,12-13H,4,7-9H2. The Labute approximate surface area is 90.5 Å². The number of hydrogen-bond donors (Lipinski definition) is 0. The van der Waals surface area contributed by atoms with Gasteiger partial charge in [-0.15, -0.1) is 0 Å². The van der Waals surface area contributed by atoms with Crippen LogP contribution in [0.3, 0.4) is 0 Å². The van der Waals surface area contributed by atoms with E-state index in [1.165, 1.54) is 6.42 Å². The number of ether oxygens (including phenoxy) is 1. The molecule has 1 atom stereocenters. The third-order valence-electron chi connectivity index (χ3n) is 2.86. The molecule has 0 bridgehead atoms. The van der Waals surface area contributed by atoms with Crippen molar-refractivity contribution in [3.8, 4) is 6.07 Å². The van der Waals surface area contributed by atoms with E-state index in [1.54, 1.807) is 0 Å². The summed E-state index contributed by atoms with van der Waals surface area (Å²) in [6.07, 6.45) is 4.34. The molecule has 0 aliphatic heterocycles. The molecule has 1 aromatic rings. The largest absolute Gasteiger partial charge is 0.369 e. The van der Waals surface area contributed by atoms with E-state index >= 15 is 0 Å². The molecule has 1 aromatic carbocycles. The highest BCUT2D eigenvalue weighted by atomic mass is 16.5. The van der Waals surface area contributed by atoms with E-state index in [0.717, 1.165) is 18.4 Å². The summed E-state index contributed by atoms with van der Waals surface area (Å²) in [5, 5.41) is 8.77. The highest BCUT2D eigenvalue weighted by Gasteiger charge is 2.23. The molecule has 2 rings (SSSR count).